The highest BCUT2D eigenvalue weighted by Crippen LogP contribution is 2.28. The topological polar surface area (TPSA) is 157 Å². The van der Waals surface area contributed by atoms with E-state index >= 15 is 0 Å². The summed E-state index contributed by atoms with van der Waals surface area (Å²) in [5.74, 6) is -1.32. The van der Waals surface area contributed by atoms with Crippen molar-refractivity contribution in [2.24, 2.45) is 17.6 Å². The average Bonchev–Trinajstić information content (AvgIpc) is 3.68. The molecule has 3 amide bonds. The third-order valence-electron chi connectivity index (χ3n) is 8.91. The Morgan fingerprint density at radius 1 is 1.04 bits per heavy atom. The van der Waals surface area contributed by atoms with Gasteiger partial charge in [0.25, 0.3) is 5.89 Å². The molecule has 46 heavy (non-hydrogen) atoms. The second kappa shape index (κ2) is 16.0. The van der Waals surface area contributed by atoms with Crippen molar-refractivity contribution in [3.63, 3.8) is 0 Å². The fourth-order valence-corrected chi connectivity index (χ4v) is 6.43. The Labute approximate surface area is 269 Å². The first-order chi connectivity index (χ1) is 22.3. The Morgan fingerprint density at radius 2 is 1.85 bits per heavy atom. The van der Waals surface area contributed by atoms with E-state index in [0.717, 1.165) is 18.4 Å². The molecule has 1 aliphatic heterocycles. The van der Waals surface area contributed by atoms with Crippen LogP contribution < -0.4 is 16.4 Å². The third-order valence-corrected chi connectivity index (χ3v) is 8.91. The summed E-state index contributed by atoms with van der Waals surface area (Å²) in [6.07, 6.45) is 7.12. The Bertz CT molecular complexity index is 1480. The molecule has 3 atom stereocenters. The summed E-state index contributed by atoms with van der Waals surface area (Å²) in [6, 6.07) is 13.5. The maximum atomic E-state index is 13.9. The SMILES string of the molecule is CC(=O)Nc1cccc(CC(=O)N2C[C@H](OCC3CCCCC3)[C@@H](C(=O)N[C@@H](CCCCN)C(=O)c3nc4ccccc4o3)C2)c1. The van der Waals surface area contributed by atoms with E-state index in [0.29, 0.717) is 55.1 Å². The number of amides is 3. The van der Waals surface area contributed by atoms with Crippen LogP contribution in [0.15, 0.2) is 52.9 Å². The van der Waals surface area contributed by atoms with Crippen LogP contribution in [-0.2, 0) is 25.5 Å². The van der Waals surface area contributed by atoms with E-state index in [1.54, 1.807) is 35.2 Å². The number of unbranched alkanes of at least 4 members (excludes halogenated alkanes) is 1. The third kappa shape index (κ3) is 8.79. The summed E-state index contributed by atoms with van der Waals surface area (Å²) in [5.41, 5.74) is 8.17. The minimum absolute atomic E-state index is 0.0472. The zero-order valence-electron chi connectivity index (χ0n) is 26.5. The molecule has 11 heteroatoms. The van der Waals surface area contributed by atoms with Gasteiger partial charge in [-0.1, -0.05) is 43.5 Å². The number of rotatable bonds is 14. The molecule has 2 fully saturated rings. The van der Waals surface area contributed by atoms with Gasteiger partial charge in [0.1, 0.15) is 5.52 Å². The van der Waals surface area contributed by atoms with Gasteiger partial charge in [-0.05, 0) is 74.4 Å². The van der Waals surface area contributed by atoms with Crippen molar-refractivity contribution in [3.8, 4) is 0 Å². The number of Topliss-reactive ketones (excluding diaryl/α,β-unsaturated/α-hetero) is 1. The number of hydrogen-bond donors (Lipinski definition) is 3. The number of nitrogens with two attached hydrogens (primary N) is 1. The molecule has 1 aromatic heterocycles. The Morgan fingerprint density at radius 3 is 2.61 bits per heavy atom. The van der Waals surface area contributed by atoms with Crippen molar-refractivity contribution in [2.45, 2.75) is 76.9 Å². The van der Waals surface area contributed by atoms with E-state index in [1.165, 1.54) is 26.2 Å². The fourth-order valence-electron chi connectivity index (χ4n) is 6.43. The van der Waals surface area contributed by atoms with E-state index in [2.05, 4.69) is 15.6 Å². The number of nitrogens with zero attached hydrogens (tertiary/aromatic N) is 2. The molecule has 4 N–H and O–H groups in total. The van der Waals surface area contributed by atoms with Crippen LogP contribution in [0.1, 0.15) is 74.5 Å². The Hall–Kier alpha value is -4.09. The molecule has 2 aromatic carbocycles. The number of carbonyl (C=O) groups excluding carboxylic acids is 4. The quantitative estimate of drug-likeness (QED) is 0.176. The molecular formula is C35H45N5O6. The minimum Gasteiger partial charge on any atom is -0.434 e. The van der Waals surface area contributed by atoms with Crippen molar-refractivity contribution in [3.05, 3.63) is 60.0 Å². The molecule has 11 nitrogen and oxygen atoms in total. The molecule has 0 bridgehead atoms. The highest BCUT2D eigenvalue weighted by atomic mass is 16.5. The highest BCUT2D eigenvalue weighted by molar-refractivity contribution is 6.00. The van der Waals surface area contributed by atoms with Crippen molar-refractivity contribution in [2.75, 3.05) is 31.6 Å². The van der Waals surface area contributed by atoms with E-state index in [1.807, 2.05) is 18.2 Å². The lowest BCUT2D eigenvalue weighted by Gasteiger charge is -2.26. The number of ketones is 1. The molecular weight excluding hydrogens is 586 g/mol. The first-order valence-corrected chi connectivity index (χ1v) is 16.5. The molecule has 5 rings (SSSR count). The Kier molecular flexibility index (Phi) is 11.5. The van der Waals surface area contributed by atoms with Crippen molar-refractivity contribution in [1.29, 1.82) is 0 Å². The second-order valence-corrected chi connectivity index (χ2v) is 12.5. The van der Waals surface area contributed by atoms with Gasteiger partial charge in [-0.15, -0.1) is 0 Å². The average molecular weight is 632 g/mol. The van der Waals surface area contributed by atoms with Gasteiger partial charge in [-0.2, -0.15) is 0 Å². The van der Waals surface area contributed by atoms with Crippen LogP contribution in [0.5, 0.6) is 0 Å². The summed E-state index contributed by atoms with van der Waals surface area (Å²) in [7, 11) is 0. The maximum absolute atomic E-state index is 13.9. The number of hydrogen-bond acceptors (Lipinski definition) is 8. The molecule has 0 radical (unpaired) electrons. The lowest BCUT2D eigenvalue weighted by molar-refractivity contribution is -0.130. The van der Waals surface area contributed by atoms with Gasteiger partial charge in [0.05, 0.1) is 24.5 Å². The lowest BCUT2D eigenvalue weighted by Crippen LogP contribution is -2.47. The molecule has 2 aliphatic rings. The summed E-state index contributed by atoms with van der Waals surface area (Å²) < 4.78 is 12.1. The van der Waals surface area contributed by atoms with E-state index in [9.17, 15) is 19.2 Å². The van der Waals surface area contributed by atoms with Crippen LogP contribution in [-0.4, -0.2) is 71.8 Å². The van der Waals surface area contributed by atoms with Gasteiger partial charge >= 0.3 is 0 Å². The molecule has 246 valence electrons. The summed E-state index contributed by atoms with van der Waals surface area (Å²) in [6.45, 7) is 2.91. The molecule has 1 aliphatic carbocycles. The number of carbonyl (C=O) groups is 4. The first kappa shape index (κ1) is 33.3. The second-order valence-electron chi connectivity index (χ2n) is 12.5. The minimum atomic E-state index is -0.854. The highest BCUT2D eigenvalue weighted by Gasteiger charge is 2.42. The maximum Gasteiger partial charge on any atom is 0.266 e. The van der Waals surface area contributed by atoms with Crippen molar-refractivity contribution >= 4 is 40.3 Å². The van der Waals surface area contributed by atoms with Gasteiger partial charge in [-0.3, -0.25) is 19.2 Å². The zero-order chi connectivity index (χ0) is 32.5. The molecule has 2 heterocycles. The van der Waals surface area contributed by atoms with E-state index < -0.39 is 23.8 Å². The lowest BCUT2D eigenvalue weighted by atomic mass is 9.90. The van der Waals surface area contributed by atoms with Crippen LogP contribution in [0.25, 0.3) is 11.1 Å². The number of nitrogens with one attached hydrogen (secondary N) is 2. The van der Waals surface area contributed by atoms with Crippen LogP contribution >= 0.6 is 0 Å². The largest absolute Gasteiger partial charge is 0.434 e. The van der Waals surface area contributed by atoms with Gasteiger partial charge < -0.3 is 30.4 Å². The number of benzene rings is 2. The molecule has 0 unspecified atom stereocenters. The number of likely N-dealkylation sites (tertiary alicyclic amines) is 1. The number of ether oxygens (including phenoxy) is 1. The van der Waals surface area contributed by atoms with Crippen molar-refractivity contribution < 1.29 is 28.3 Å². The molecule has 3 aromatic rings. The summed E-state index contributed by atoms with van der Waals surface area (Å²) >= 11 is 0. The summed E-state index contributed by atoms with van der Waals surface area (Å²) in [4.78, 5) is 58.6. The van der Waals surface area contributed by atoms with Crippen LogP contribution in [0.4, 0.5) is 5.69 Å². The smallest absolute Gasteiger partial charge is 0.266 e. The number of oxazole rings is 1. The van der Waals surface area contributed by atoms with Gasteiger partial charge in [0, 0.05) is 32.3 Å². The van der Waals surface area contributed by atoms with Gasteiger partial charge in [0.2, 0.25) is 23.5 Å². The standard InChI is InChI=1S/C35H45N5O6/c1-23(41)37-26-13-9-12-25(18-26)19-32(42)40-20-27(31(21-40)45-22-24-10-3-2-4-11-24)34(44)38-29(15-7-8-17-36)33(43)35-39-28-14-5-6-16-30(28)46-35/h5-6,9,12-14,16,18,24,27,29,31H,2-4,7-8,10-11,15,17,19-22,36H2,1H3,(H,37,41)(H,38,44)/t27-,29-,31-/m0/s1. The summed E-state index contributed by atoms with van der Waals surface area (Å²) in [5, 5.41) is 5.72. The molecule has 1 saturated heterocycles. The molecule has 0 spiro atoms. The number of aromatic nitrogens is 1. The monoisotopic (exact) mass is 631 g/mol. The predicted octanol–water partition coefficient (Wildman–Crippen LogP) is 4.25. The van der Waals surface area contributed by atoms with Crippen LogP contribution in [0.2, 0.25) is 0 Å². The van der Waals surface area contributed by atoms with Crippen molar-refractivity contribution in [1.82, 2.24) is 15.2 Å². The van der Waals surface area contributed by atoms with Crippen LogP contribution in [0.3, 0.4) is 0 Å². The fraction of sp³-hybridized carbons (Fsp3) is 0.514. The van der Waals surface area contributed by atoms with Gasteiger partial charge in [0.15, 0.2) is 5.58 Å². The van der Waals surface area contributed by atoms with Gasteiger partial charge in [-0.25, -0.2) is 4.98 Å². The van der Waals surface area contributed by atoms with E-state index in [-0.39, 0.29) is 43.1 Å². The first-order valence-electron chi connectivity index (χ1n) is 16.5. The number of para-hydroxylation sites is 2. The molecule has 1 saturated carbocycles. The number of anilines is 1. The normalized spacial score (nSPS) is 19.2. The van der Waals surface area contributed by atoms with Crippen LogP contribution in [0, 0.1) is 11.8 Å². The Balaban J connectivity index is 1.30. The predicted molar refractivity (Wildman–Crippen MR) is 174 cm³/mol. The number of fused-ring (bicyclic) bond motifs is 1. The van der Waals surface area contributed by atoms with E-state index in [4.69, 9.17) is 14.9 Å². The zero-order valence-corrected chi connectivity index (χ0v) is 26.5.